The summed E-state index contributed by atoms with van der Waals surface area (Å²) in [6.07, 6.45) is 2.08. The molecule has 0 radical (unpaired) electrons. The Bertz CT molecular complexity index is 603. The van der Waals surface area contributed by atoms with E-state index in [0.717, 1.165) is 19.4 Å². The fraction of sp³-hybridized carbons (Fsp3) is 0.400. The molecule has 0 aromatic heterocycles. The van der Waals surface area contributed by atoms with E-state index in [1.165, 1.54) is 22.4 Å². The minimum absolute atomic E-state index is 0.296. The molecular weight excluding hydrogens is 270 g/mol. The molecule has 2 unspecified atom stereocenters. The molecule has 1 heterocycles. The summed E-state index contributed by atoms with van der Waals surface area (Å²) in [5, 5.41) is 9.57. The number of benzene rings is 2. The summed E-state index contributed by atoms with van der Waals surface area (Å²) in [7, 11) is 0. The Morgan fingerprint density at radius 1 is 0.955 bits per heavy atom. The maximum Gasteiger partial charge on any atom is 0.0545 e. The van der Waals surface area contributed by atoms with Gasteiger partial charge in [-0.3, -0.25) is 0 Å². The number of rotatable bonds is 3. The molecule has 2 atom stereocenters. The SMILES string of the molecule is Cc1ccc(C2CC(CO)CCN2c2ccc(C)cc2)cc1. The zero-order chi connectivity index (χ0) is 15.5. The fourth-order valence-electron chi connectivity index (χ4n) is 3.35. The molecular formula is C20H25NO. The van der Waals surface area contributed by atoms with Crippen LogP contribution in [0.25, 0.3) is 0 Å². The highest BCUT2D eigenvalue weighted by Gasteiger charge is 2.29. The maximum atomic E-state index is 9.57. The largest absolute Gasteiger partial charge is 0.396 e. The Balaban J connectivity index is 1.92. The number of aryl methyl sites for hydroxylation is 2. The Morgan fingerprint density at radius 2 is 1.55 bits per heavy atom. The van der Waals surface area contributed by atoms with Crippen LogP contribution in [-0.4, -0.2) is 18.3 Å². The van der Waals surface area contributed by atoms with Gasteiger partial charge in [0.15, 0.2) is 0 Å². The summed E-state index contributed by atoms with van der Waals surface area (Å²) < 4.78 is 0. The lowest BCUT2D eigenvalue weighted by Crippen LogP contribution is -2.37. The quantitative estimate of drug-likeness (QED) is 0.915. The average Bonchev–Trinajstić information content (AvgIpc) is 2.56. The first-order valence-electron chi connectivity index (χ1n) is 8.18. The van der Waals surface area contributed by atoms with Crippen molar-refractivity contribution in [2.24, 2.45) is 5.92 Å². The maximum absolute atomic E-state index is 9.57. The van der Waals surface area contributed by atoms with Crippen molar-refractivity contribution in [2.75, 3.05) is 18.1 Å². The molecule has 1 N–H and O–H groups in total. The van der Waals surface area contributed by atoms with E-state index in [1.54, 1.807) is 0 Å². The van der Waals surface area contributed by atoms with Crippen LogP contribution >= 0.6 is 0 Å². The van der Waals surface area contributed by atoms with Crippen LogP contribution in [0.1, 0.15) is 35.6 Å². The molecule has 2 aromatic carbocycles. The fourth-order valence-corrected chi connectivity index (χ4v) is 3.35. The van der Waals surface area contributed by atoms with Crippen LogP contribution < -0.4 is 4.90 Å². The highest BCUT2D eigenvalue weighted by atomic mass is 16.3. The van der Waals surface area contributed by atoms with Crippen molar-refractivity contribution in [3.05, 3.63) is 65.2 Å². The Labute approximate surface area is 133 Å². The molecule has 2 nitrogen and oxygen atoms in total. The van der Waals surface area contributed by atoms with Crippen molar-refractivity contribution in [3.8, 4) is 0 Å². The topological polar surface area (TPSA) is 23.5 Å². The van der Waals surface area contributed by atoms with E-state index in [2.05, 4.69) is 67.3 Å². The van der Waals surface area contributed by atoms with Crippen molar-refractivity contribution in [1.29, 1.82) is 0 Å². The molecule has 2 aromatic rings. The number of hydrogen-bond donors (Lipinski definition) is 1. The third-order valence-electron chi connectivity index (χ3n) is 4.80. The predicted molar refractivity (Wildman–Crippen MR) is 92.3 cm³/mol. The second-order valence-electron chi connectivity index (χ2n) is 6.53. The molecule has 2 heteroatoms. The van der Waals surface area contributed by atoms with Gasteiger partial charge in [0.25, 0.3) is 0 Å². The molecule has 0 saturated carbocycles. The summed E-state index contributed by atoms with van der Waals surface area (Å²) in [4.78, 5) is 2.50. The summed E-state index contributed by atoms with van der Waals surface area (Å²) in [5.41, 5.74) is 5.22. The van der Waals surface area contributed by atoms with Crippen LogP contribution in [0.2, 0.25) is 0 Å². The second-order valence-corrected chi connectivity index (χ2v) is 6.53. The highest BCUT2D eigenvalue weighted by molar-refractivity contribution is 5.50. The lowest BCUT2D eigenvalue weighted by molar-refractivity contribution is 0.188. The number of piperidine rings is 1. The third kappa shape index (κ3) is 3.17. The van der Waals surface area contributed by atoms with Gasteiger partial charge in [0, 0.05) is 18.8 Å². The number of hydrogen-bond acceptors (Lipinski definition) is 2. The van der Waals surface area contributed by atoms with Gasteiger partial charge < -0.3 is 10.0 Å². The van der Waals surface area contributed by atoms with Crippen molar-refractivity contribution in [3.63, 3.8) is 0 Å². The van der Waals surface area contributed by atoms with E-state index in [-0.39, 0.29) is 0 Å². The summed E-state index contributed by atoms with van der Waals surface area (Å²) >= 11 is 0. The van der Waals surface area contributed by atoms with Gasteiger partial charge in [-0.25, -0.2) is 0 Å². The van der Waals surface area contributed by atoms with Gasteiger partial charge in [-0.1, -0.05) is 47.5 Å². The number of aliphatic hydroxyl groups is 1. The number of nitrogens with zero attached hydrogens (tertiary/aromatic N) is 1. The number of anilines is 1. The molecule has 0 aliphatic carbocycles. The molecule has 1 aliphatic rings. The molecule has 1 saturated heterocycles. The smallest absolute Gasteiger partial charge is 0.0545 e. The van der Waals surface area contributed by atoms with Crippen LogP contribution in [0, 0.1) is 19.8 Å². The zero-order valence-corrected chi connectivity index (χ0v) is 13.5. The first-order valence-corrected chi connectivity index (χ1v) is 8.18. The van der Waals surface area contributed by atoms with Crippen LogP contribution in [0.5, 0.6) is 0 Å². The Hall–Kier alpha value is -1.80. The van der Waals surface area contributed by atoms with Gasteiger partial charge in [-0.2, -0.15) is 0 Å². The summed E-state index contributed by atoms with van der Waals surface area (Å²) in [6, 6.07) is 18.0. The van der Waals surface area contributed by atoms with Gasteiger partial charge in [-0.05, 0) is 50.3 Å². The lowest BCUT2D eigenvalue weighted by atomic mass is 9.87. The van der Waals surface area contributed by atoms with E-state index in [1.807, 2.05) is 0 Å². The minimum atomic E-state index is 0.296. The van der Waals surface area contributed by atoms with E-state index in [4.69, 9.17) is 0 Å². The summed E-state index contributed by atoms with van der Waals surface area (Å²) in [5.74, 6) is 0.410. The molecule has 22 heavy (non-hydrogen) atoms. The Kier molecular flexibility index (Phi) is 4.49. The van der Waals surface area contributed by atoms with Crippen molar-refractivity contribution in [1.82, 2.24) is 0 Å². The monoisotopic (exact) mass is 295 g/mol. The molecule has 1 fully saturated rings. The van der Waals surface area contributed by atoms with Crippen LogP contribution in [0.4, 0.5) is 5.69 Å². The van der Waals surface area contributed by atoms with E-state index in [0.29, 0.717) is 18.6 Å². The molecule has 0 bridgehead atoms. The normalized spacial score (nSPS) is 21.9. The van der Waals surface area contributed by atoms with Crippen molar-refractivity contribution < 1.29 is 5.11 Å². The second kappa shape index (κ2) is 6.53. The van der Waals surface area contributed by atoms with Gasteiger partial charge in [-0.15, -0.1) is 0 Å². The highest BCUT2D eigenvalue weighted by Crippen LogP contribution is 2.37. The Morgan fingerprint density at radius 3 is 2.14 bits per heavy atom. The van der Waals surface area contributed by atoms with Crippen molar-refractivity contribution in [2.45, 2.75) is 32.7 Å². The van der Waals surface area contributed by atoms with Gasteiger partial charge >= 0.3 is 0 Å². The van der Waals surface area contributed by atoms with E-state index < -0.39 is 0 Å². The standard InChI is InChI=1S/C20H25NO/c1-15-3-7-18(8-4-15)20-13-17(14-22)11-12-21(20)19-9-5-16(2)6-10-19/h3-10,17,20,22H,11-14H2,1-2H3. The molecule has 0 amide bonds. The average molecular weight is 295 g/mol. The number of aliphatic hydroxyl groups excluding tert-OH is 1. The molecule has 1 aliphatic heterocycles. The van der Waals surface area contributed by atoms with Crippen LogP contribution in [0.15, 0.2) is 48.5 Å². The molecule has 116 valence electrons. The van der Waals surface area contributed by atoms with Gasteiger partial charge in [0.1, 0.15) is 0 Å². The van der Waals surface area contributed by atoms with Gasteiger partial charge in [0.05, 0.1) is 6.04 Å². The van der Waals surface area contributed by atoms with E-state index >= 15 is 0 Å². The van der Waals surface area contributed by atoms with Crippen molar-refractivity contribution >= 4 is 5.69 Å². The first-order chi connectivity index (χ1) is 10.7. The lowest BCUT2D eigenvalue weighted by Gasteiger charge is -2.41. The van der Waals surface area contributed by atoms with Crippen LogP contribution in [-0.2, 0) is 0 Å². The molecule has 3 rings (SSSR count). The first kappa shape index (κ1) is 15.1. The third-order valence-corrected chi connectivity index (χ3v) is 4.80. The van der Waals surface area contributed by atoms with E-state index in [9.17, 15) is 5.11 Å². The molecule has 0 spiro atoms. The van der Waals surface area contributed by atoms with Gasteiger partial charge in [0.2, 0.25) is 0 Å². The zero-order valence-electron chi connectivity index (χ0n) is 13.5. The predicted octanol–water partition coefficient (Wildman–Crippen LogP) is 4.25. The summed E-state index contributed by atoms with van der Waals surface area (Å²) in [6.45, 7) is 5.55. The van der Waals surface area contributed by atoms with Crippen LogP contribution in [0.3, 0.4) is 0 Å². The minimum Gasteiger partial charge on any atom is -0.396 e.